The van der Waals surface area contributed by atoms with Gasteiger partial charge in [0, 0.05) is 25.8 Å². The zero-order chi connectivity index (χ0) is 44.5. The molecule has 2 saturated heterocycles. The Bertz CT molecular complexity index is 2680. The van der Waals surface area contributed by atoms with E-state index in [0.29, 0.717) is 24.5 Å². The Morgan fingerprint density at radius 2 is 1.30 bits per heavy atom. The summed E-state index contributed by atoms with van der Waals surface area (Å²) in [6, 6.07) is 28.0. The first-order valence-electron chi connectivity index (χ1n) is 21.7. The first kappa shape index (κ1) is 42.3. The number of aromatic amines is 2. The minimum atomic E-state index is -0.898. The van der Waals surface area contributed by atoms with Crippen molar-refractivity contribution < 1.29 is 33.4 Å². The highest BCUT2D eigenvalue weighted by Crippen LogP contribution is 2.58. The average Bonchev–Trinajstić information content (AvgIpc) is 3.87. The van der Waals surface area contributed by atoms with Crippen LogP contribution in [-0.2, 0) is 23.8 Å². The maximum absolute atomic E-state index is 14.0. The molecule has 2 aliphatic heterocycles. The van der Waals surface area contributed by atoms with Crippen molar-refractivity contribution in [1.29, 1.82) is 0 Å². The van der Waals surface area contributed by atoms with E-state index < -0.39 is 30.4 Å². The second kappa shape index (κ2) is 17.6. The molecule has 1 saturated carbocycles. The summed E-state index contributed by atoms with van der Waals surface area (Å²) in [6.07, 6.45) is 6.20. The SMILES string of the molecule is COC(=O)N[C@H](C(=O)N1CC2(CC2)C[C@H]1c1ncc(-c2ccc(-c3ccc4cc(-c5cnc([C@@H]6CCCN6C(=O)[C@H](NC(=O)OC)c6ccccc6)[nH]5)ccc4c3)cc2)[nH]1)[C@@H](C)OC. The Labute approximate surface area is 370 Å². The topological polar surface area (TPSA) is 184 Å². The Morgan fingerprint density at radius 1 is 0.703 bits per heavy atom. The molecule has 4 heterocycles. The number of rotatable bonds is 12. The fraction of sp³-hybridized carbons (Fsp3) is 0.347. The highest BCUT2D eigenvalue weighted by molar-refractivity contribution is 5.91. The number of alkyl carbamates (subject to hydrolysis) is 2. The van der Waals surface area contributed by atoms with Crippen LogP contribution in [0.25, 0.3) is 44.4 Å². The van der Waals surface area contributed by atoms with Crippen molar-refractivity contribution in [2.75, 3.05) is 34.4 Å². The number of benzene rings is 4. The Morgan fingerprint density at radius 3 is 1.95 bits per heavy atom. The molecule has 15 nitrogen and oxygen atoms in total. The van der Waals surface area contributed by atoms with E-state index >= 15 is 0 Å². The Hall–Kier alpha value is -7.00. The Kier molecular flexibility index (Phi) is 11.7. The fourth-order valence-corrected chi connectivity index (χ4v) is 9.28. The number of fused-ring (bicyclic) bond motifs is 1. The van der Waals surface area contributed by atoms with Crippen molar-refractivity contribution in [1.82, 2.24) is 40.4 Å². The zero-order valence-corrected chi connectivity index (χ0v) is 36.3. The highest BCUT2D eigenvalue weighted by atomic mass is 16.5. The number of carbonyl (C=O) groups excluding carboxylic acids is 4. The summed E-state index contributed by atoms with van der Waals surface area (Å²) in [4.78, 5) is 72.5. The van der Waals surface area contributed by atoms with E-state index in [1.165, 1.54) is 21.3 Å². The lowest BCUT2D eigenvalue weighted by atomic mass is 9.98. The van der Waals surface area contributed by atoms with E-state index in [2.05, 4.69) is 81.3 Å². The van der Waals surface area contributed by atoms with Gasteiger partial charge < -0.3 is 44.6 Å². The number of imidazole rings is 2. The summed E-state index contributed by atoms with van der Waals surface area (Å²) < 4.78 is 15.1. The van der Waals surface area contributed by atoms with Crippen LogP contribution in [0.5, 0.6) is 0 Å². The van der Waals surface area contributed by atoms with Gasteiger partial charge in [0.25, 0.3) is 5.91 Å². The molecule has 15 heteroatoms. The van der Waals surface area contributed by atoms with Crippen LogP contribution in [0.15, 0.2) is 103 Å². The van der Waals surface area contributed by atoms with Crippen molar-refractivity contribution in [2.24, 2.45) is 5.41 Å². The molecule has 0 radical (unpaired) electrons. The van der Waals surface area contributed by atoms with Crippen LogP contribution in [0.1, 0.15) is 74.4 Å². The van der Waals surface area contributed by atoms with Crippen molar-refractivity contribution in [2.45, 2.75) is 69.3 Å². The maximum Gasteiger partial charge on any atom is 0.407 e. The van der Waals surface area contributed by atoms with Gasteiger partial charge in [0.2, 0.25) is 5.91 Å². The molecule has 330 valence electrons. The lowest BCUT2D eigenvalue weighted by Crippen LogP contribution is -2.54. The fourth-order valence-electron chi connectivity index (χ4n) is 9.28. The number of amides is 4. The number of ether oxygens (including phenoxy) is 3. The molecule has 4 aromatic carbocycles. The van der Waals surface area contributed by atoms with Crippen molar-refractivity contribution in [3.63, 3.8) is 0 Å². The number of aromatic nitrogens is 4. The van der Waals surface area contributed by atoms with Gasteiger partial charge in [0.1, 0.15) is 23.7 Å². The average molecular weight is 865 g/mol. The van der Waals surface area contributed by atoms with Gasteiger partial charge in [0.05, 0.1) is 56.2 Å². The van der Waals surface area contributed by atoms with Gasteiger partial charge in [-0.2, -0.15) is 0 Å². The molecule has 2 aromatic heterocycles. The number of carbonyl (C=O) groups is 4. The lowest BCUT2D eigenvalue weighted by molar-refractivity contribution is -0.138. The number of nitrogens with one attached hydrogen (secondary N) is 4. The number of methoxy groups -OCH3 is 3. The summed E-state index contributed by atoms with van der Waals surface area (Å²) in [5, 5.41) is 7.56. The summed E-state index contributed by atoms with van der Waals surface area (Å²) >= 11 is 0. The number of hydrogen-bond acceptors (Lipinski definition) is 9. The number of likely N-dealkylation sites (tertiary alicyclic amines) is 2. The number of nitrogens with zero attached hydrogens (tertiary/aromatic N) is 4. The molecule has 4 amide bonds. The largest absolute Gasteiger partial charge is 0.453 e. The third-order valence-corrected chi connectivity index (χ3v) is 13.2. The summed E-state index contributed by atoms with van der Waals surface area (Å²) in [7, 11) is 4.07. The molecule has 0 unspecified atom stereocenters. The van der Waals surface area contributed by atoms with E-state index in [1.54, 1.807) is 11.8 Å². The van der Waals surface area contributed by atoms with Crippen LogP contribution in [0, 0.1) is 5.41 Å². The number of H-pyrrole nitrogens is 2. The molecule has 4 N–H and O–H groups in total. The molecule has 0 bridgehead atoms. The van der Waals surface area contributed by atoms with Crippen molar-refractivity contribution >= 4 is 34.8 Å². The molecular formula is C49H52N8O7. The minimum absolute atomic E-state index is 0.0761. The van der Waals surface area contributed by atoms with Gasteiger partial charge in [-0.05, 0) is 89.6 Å². The van der Waals surface area contributed by atoms with Crippen LogP contribution in [0.3, 0.4) is 0 Å². The molecule has 3 aliphatic rings. The van der Waals surface area contributed by atoms with Crippen LogP contribution < -0.4 is 10.6 Å². The minimum Gasteiger partial charge on any atom is -0.453 e. The van der Waals surface area contributed by atoms with E-state index in [0.717, 1.165) is 82.3 Å². The quantitative estimate of drug-likeness (QED) is 0.0951. The van der Waals surface area contributed by atoms with Crippen LogP contribution in [-0.4, -0.2) is 100 Å². The molecule has 64 heavy (non-hydrogen) atoms. The maximum atomic E-state index is 14.0. The molecule has 9 rings (SSSR count). The van der Waals surface area contributed by atoms with E-state index in [9.17, 15) is 19.2 Å². The van der Waals surface area contributed by atoms with Crippen molar-refractivity contribution in [3.8, 4) is 33.6 Å². The smallest absolute Gasteiger partial charge is 0.407 e. The van der Waals surface area contributed by atoms with Gasteiger partial charge in [-0.15, -0.1) is 0 Å². The molecule has 3 fully saturated rings. The van der Waals surface area contributed by atoms with Crippen LogP contribution in [0.4, 0.5) is 9.59 Å². The predicted octanol–water partition coefficient (Wildman–Crippen LogP) is 7.86. The first-order chi connectivity index (χ1) is 31.1. The van der Waals surface area contributed by atoms with E-state index in [1.807, 2.05) is 47.6 Å². The van der Waals surface area contributed by atoms with Gasteiger partial charge in [-0.3, -0.25) is 9.59 Å². The highest BCUT2D eigenvalue weighted by Gasteiger charge is 2.55. The summed E-state index contributed by atoms with van der Waals surface area (Å²) in [6.45, 7) is 2.91. The van der Waals surface area contributed by atoms with Gasteiger partial charge in [-0.1, -0.05) is 78.9 Å². The van der Waals surface area contributed by atoms with Gasteiger partial charge in [-0.25, -0.2) is 19.6 Å². The predicted molar refractivity (Wildman–Crippen MR) is 239 cm³/mol. The monoisotopic (exact) mass is 864 g/mol. The van der Waals surface area contributed by atoms with Crippen LogP contribution >= 0.6 is 0 Å². The van der Waals surface area contributed by atoms with Crippen molar-refractivity contribution in [3.05, 3.63) is 121 Å². The summed E-state index contributed by atoms with van der Waals surface area (Å²) in [5.41, 5.74) is 6.56. The first-order valence-corrected chi connectivity index (χ1v) is 21.7. The standard InChI is InChI=1S/C49H52N8O7/c1-29(62-2)41(54-47(60)63-3)45(58)57-28-49(20-21-49)25-40(57)44-51-26-37(52-44)31-14-12-30(13-15-31)33-16-17-35-24-36(19-18-34(35)23-33)38-27-50-43(53-38)39-11-8-22-56(39)46(59)42(55-48(61)64-4)32-9-6-5-7-10-32/h5-7,9-10,12-19,23-24,26-27,29,39-42H,8,11,20-22,25,28H2,1-4H3,(H,50,53)(H,51,52)(H,54,60)(H,55,61)/t29-,39+,40+,41+,42-/m1/s1. The molecular weight excluding hydrogens is 813 g/mol. The Balaban J connectivity index is 0.883. The van der Waals surface area contributed by atoms with E-state index in [4.69, 9.17) is 24.2 Å². The number of hydrogen-bond donors (Lipinski definition) is 4. The second-order valence-electron chi connectivity index (χ2n) is 17.1. The molecule has 1 aliphatic carbocycles. The lowest BCUT2D eigenvalue weighted by Gasteiger charge is -2.30. The third kappa shape index (κ3) is 8.42. The second-order valence-corrected chi connectivity index (χ2v) is 17.1. The van der Waals surface area contributed by atoms with E-state index in [-0.39, 0.29) is 29.3 Å². The summed E-state index contributed by atoms with van der Waals surface area (Å²) in [5.74, 6) is 0.991. The normalized spacial score (nSPS) is 19.0. The zero-order valence-electron chi connectivity index (χ0n) is 36.3. The van der Waals surface area contributed by atoms with Gasteiger partial charge in [0.15, 0.2) is 0 Å². The third-order valence-electron chi connectivity index (χ3n) is 13.2. The molecule has 5 atom stereocenters. The van der Waals surface area contributed by atoms with Gasteiger partial charge >= 0.3 is 12.2 Å². The molecule has 6 aromatic rings. The van der Waals surface area contributed by atoms with Crippen LogP contribution in [0.2, 0.25) is 0 Å². The molecule has 1 spiro atoms.